The molecule has 0 radical (unpaired) electrons. The maximum absolute atomic E-state index is 8.52. The molecule has 0 heterocycles. The van der Waals surface area contributed by atoms with Crippen LogP contribution < -0.4 is 112 Å². The Hall–Kier alpha value is 2.81. The van der Waals surface area contributed by atoms with Gasteiger partial charge in [-0.1, -0.05) is 0 Å². The fraction of sp³-hybridized carbons (Fsp3) is 1.00. The van der Waals surface area contributed by atoms with Gasteiger partial charge in [0.1, 0.15) is 0 Å². The monoisotopic (exact) mass is 230 g/mol. The van der Waals surface area contributed by atoms with E-state index in [4.69, 9.17) is 24.3 Å². The third kappa shape index (κ3) is 64.7. The molecule has 5 nitrogen and oxygen atoms in total. The SMILES string of the molecule is CC(O)CO.O=[Si]([O-])[O-].[K+].[K+]. The third-order valence-electron chi connectivity index (χ3n) is 0.264. The van der Waals surface area contributed by atoms with E-state index in [1.54, 1.807) is 0 Å². The smallest absolute Gasteiger partial charge is 0.672 e. The van der Waals surface area contributed by atoms with Crippen molar-refractivity contribution in [3.63, 3.8) is 0 Å². The minimum Gasteiger partial charge on any atom is -0.672 e. The molecule has 0 rings (SSSR count). The Morgan fingerprint density at radius 1 is 1.45 bits per heavy atom. The molecule has 8 heteroatoms. The van der Waals surface area contributed by atoms with Gasteiger partial charge < -0.3 is 24.3 Å². The van der Waals surface area contributed by atoms with E-state index in [1.165, 1.54) is 6.92 Å². The second-order valence-electron chi connectivity index (χ2n) is 1.28. The summed E-state index contributed by atoms with van der Waals surface area (Å²) in [6, 6.07) is 0. The van der Waals surface area contributed by atoms with Crippen molar-refractivity contribution in [3.05, 3.63) is 0 Å². The fourth-order valence-electron chi connectivity index (χ4n) is 0. The first kappa shape index (κ1) is 23.5. The zero-order chi connectivity index (χ0) is 7.86. The van der Waals surface area contributed by atoms with Crippen molar-refractivity contribution in [3.8, 4) is 0 Å². The van der Waals surface area contributed by atoms with Gasteiger partial charge in [-0.3, -0.25) is 0 Å². The van der Waals surface area contributed by atoms with Gasteiger partial charge in [0.2, 0.25) is 0 Å². The summed E-state index contributed by atoms with van der Waals surface area (Å²) in [4.78, 5) is 17.0. The molecule has 1 unspecified atom stereocenters. The van der Waals surface area contributed by atoms with Crippen molar-refractivity contribution in [2.24, 2.45) is 0 Å². The Bertz CT molecular complexity index is 76.1. The number of aliphatic hydroxyl groups is 2. The molecule has 0 aromatic carbocycles. The Balaban J connectivity index is -0.0000000383. The Morgan fingerprint density at radius 3 is 1.55 bits per heavy atom. The van der Waals surface area contributed by atoms with Crippen LogP contribution in [0.4, 0.5) is 0 Å². The third-order valence-corrected chi connectivity index (χ3v) is 0.264. The summed E-state index contributed by atoms with van der Waals surface area (Å²) in [7, 11) is -3.63. The molecule has 2 N–H and O–H groups in total. The van der Waals surface area contributed by atoms with E-state index in [1.807, 2.05) is 0 Å². The molecule has 56 valence electrons. The van der Waals surface area contributed by atoms with Crippen LogP contribution in [0.25, 0.3) is 0 Å². The topological polar surface area (TPSA) is 104 Å². The molecule has 0 saturated heterocycles. The number of aliphatic hydroxyl groups excluding tert-OH is 2. The van der Waals surface area contributed by atoms with Crippen molar-refractivity contribution in [2.45, 2.75) is 13.0 Å². The number of hydrogen-bond acceptors (Lipinski definition) is 5. The second kappa shape index (κ2) is 18.6. The van der Waals surface area contributed by atoms with E-state index >= 15 is 0 Å². The van der Waals surface area contributed by atoms with Crippen LogP contribution in [0, 0.1) is 0 Å². The zero-order valence-electron chi connectivity index (χ0n) is 6.90. The molecule has 0 aromatic rings. The van der Waals surface area contributed by atoms with Crippen LogP contribution in [0.2, 0.25) is 0 Å². The molecular formula is C3H8K2O5Si. The average Bonchev–Trinajstić information content (AvgIpc) is 1.65. The summed E-state index contributed by atoms with van der Waals surface area (Å²) in [5.41, 5.74) is 0. The summed E-state index contributed by atoms with van der Waals surface area (Å²) < 4.78 is 8.52. The summed E-state index contributed by atoms with van der Waals surface area (Å²) in [5, 5.41) is 16.0. The van der Waals surface area contributed by atoms with Crippen LogP contribution in [0.15, 0.2) is 0 Å². The van der Waals surface area contributed by atoms with E-state index in [0.29, 0.717) is 0 Å². The molecule has 0 aliphatic heterocycles. The van der Waals surface area contributed by atoms with Crippen LogP contribution in [0.1, 0.15) is 6.92 Å². The van der Waals surface area contributed by atoms with Gasteiger partial charge in [0, 0.05) is 9.17 Å². The summed E-state index contributed by atoms with van der Waals surface area (Å²) in [5.74, 6) is 0. The zero-order valence-corrected chi connectivity index (χ0v) is 14.1. The molecule has 0 amide bonds. The first-order chi connectivity index (χ1) is 4.00. The van der Waals surface area contributed by atoms with Crippen LogP contribution in [-0.2, 0) is 4.46 Å². The summed E-state index contributed by atoms with van der Waals surface area (Å²) >= 11 is 0. The predicted molar refractivity (Wildman–Crippen MR) is 25.2 cm³/mol. The van der Waals surface area contributed by atoms with Crippen molar-refractivity contribution < 1.29 is 127 Å². The van der Waals surface area contributed by atoms with Crippen molar-refractivity contribution in [2.75, 3.05) is 6.61 Å². The normalized spacial score (nSPS) is 9.00. The Morgan fingerprint density at radius 2 is 1.55 bits per heavy atom. The summed E-state index contributed by atoms with van der Waals surface area (Å²) in [6.45, 7) is 1.39. The molecule has 0 saturated carbocycles. The molecule has 11 heavy (non-hydrogen) atoms. The number of hydrogen-bond donors (Lipinski definition) is 2. The minimum absolute atomic E-state index is 0. The van der Waals surface area contributed by atoms with Gasteiger partial charge in [-0.25, -0.2) is 0 Å². The predicted octanol–water partition coefficient (Wildman–Crippen LogP) is -9.51. The van der Waals surface area contributed by atoms with E-state index < -0.39 is 15.3 Å². The molecule has 0 bridgehead atoms. The molecule has 0 aliphatic carbocycles. The van der Waals surface area contributed by atoms with E-state index in [9.17, 15) is 0 Å². The van der Waals surface area contributed by atoms with E-state index in [2.05, 4.69) is 0 Å². The Kier molecular flexibility index (Phi) is 39.7. The minimum atomic E-state index is -3.63. The molecular weight excluding hydrogens is 222 g/mol. The largest absolute Gasteiger partial charge is 1.00 e. The van der Waals surface area contributed by atoms with Gasteiger partial charge in [-0.2, -0.15) is 0 Å². The van der Waals surface area contributed by atoms with Gasteiger partial charge in [-0.05, 0) is 6.92 Å². The first-order valence-corrected chi connectivity index (χ1v) is 3.40. The molecule has 1 atom stereocenters. The average molecular weight is 230 g/mol. The van der Waals surface area contributed by atoms with E-state index in [0.717, 1.165) is 0 Å². The van der Waals surface area contributed by atoms with Crippen molar-refractivity contribution >= 4 is 9.17 Å². The van der Waals surface area contributed by atoms with Crippen LogP contribution >= 0.6 is 0 Å². The van der Waals surface area contributed by atoms with Crippen molar-refractivity contribution in [1.29, 1.82) is 0 Å². The quantitative estimate of drug-likeness (QED) is 0.435. The molecule has 0 spiro atoms. The standard InChI is InChI=1S/C3H8O2.2K.O3Si/c1-3(5)2-4;;;1-4(2)3/h3-5H,2H2,1H3;;;/q;2*+1;-2. The van der Waals surface area contributed by atoms with Crippen LogP contribution in [0.5, 0.6) is 0 Å². The molecule has 0 aliphatic rings. The maximum Gasteiger partial charge on any atom is 1.00 e. The van der Waals surface area contributed by atoms with Gasteiger partial charge in [-0.15, -0.1) is 0 Å². The van der Waals surface area contributed by atoms with Crippen LogP contribution in [0.3, 0.4) is 0 Å². The molecule has 0 fully saturated rings. The van der Waals surface area contributed by atoms with Crippen molar-refractivity contribution in [1.82, 2.24) is 0 Å². The fourth-order valence-corrected chi connectivity index (χ4v) is 0. The molecule has 0 aromatic heterocycles. The second-order valence-corrected chi connectivity index (χ2v) is 1.78. The first-order valence-electron chi connectivity index (χ1n) is 2.17. The van der Waals surface area contributed by atoms with Gasteiger partial charge >= 0.3 is 103 Å². The van der Waals surface area contributed by atoms with Gasteiger partial charge in [0.25, 0.3) is 0 Å². The summed E-state index contributed by atoms with van der Waals surface area (Å²) in [6.07, 6.45) is -0.560. The van der Waals surface area contributed by atoms with Crippen LogP contribution in [-0.4, -0.2) is 32.1 Å². The Labute approximate surface area is 152 Å². The van der Waals surface area contributed by atoms with E-state index in [-0.39, 0.29) is 109 Å². The maximum atomic E-state index is 8.52. The number of rotatable bonds is 1. The van der Waals surface area contributed by atoms with Gasteiger partial charge in [0.05, 0.1) is 12.7 Å². The van der Waals surface area contributed by atoms with Gasteiger partial charge in [0.15, 0.2) is 0 Å².